The van der Waals surface area contributed by atoms with Crippen LogP contribution in [0.1, 0.15) is 12.0 Å². The van der Waals surface area contributed by atoms with Gasteiger partial charge in [0.1, 0.15) is 5.75 Å². The second-order valence-corrected chi connectivity index (χ2v) is 7.25. The molecule has 0 saturated carbocycles. The molecule has 0 aliphatic carbocycles. The van der Waals surface area contributed by atoms with Crippen molar-refractivity contribution in [1.82, 2.24) is 15.1 Å². The minimum absolute atomic E-state index is 0.170. The number of anilines is 1. The predicted molar refractivity (Wildman–Crippen MR) is 114 cm³/mol. The molecule has 1 aromatic heterocycles. The fourth-order valence-corrected chi connectivity index (χ4v) is 3.66. The van der Waals surface area contributed by atoms with Crippen LogP contribution in [0.3, 0.4) is 0 Å². The Hall–Kier alpha value is -3.28. The van der Waals surface area contributed by atoms with Crippen molar-refractivity contribution in [2.45, 2.75) is 12.8 Å². The summed E-state index contributed by atoms with van der Waals surface area (Å²) in [7, 11) is 1.64. The lowest BCUT2D eigenvalue weighted by molar-refractivity contribution is -0.130. The first kappa shape index (κ1) is 19.1. The van der Waals surface area contributed by atoms with Gasteiger partial charge in [-0.15, -0.1) is 0 Å². The number of carbonyl (C=O) groups excluding carboxylic acids is 1. The number of carbonyl (C=O) groups is 1. The summed E-state index contributed by atoms with van der Waals surface area (Å²) in [5.74, 6) is 1.91. The van der Waals surface area contributed by atoms with Gasteiger partial charge in [-0.2, -0.15) is 5.10 Å². The van der Waals surface area contributed by atoms with E-state index in [0.29, 0.717) is 13.0 Å². The third kappa shape index (κ3) is 4.59. The first-order chi connectivity index (χ1) is 14.2. The van der Waals surface area contributed by atoms with Crippen molar-refractivity contribution in [3.63, 3.8) is 0 Å². The van der Waals surface area contributed by atoms with Crippen molar-refractivity contribution in [3.8, 4) is 17.0 Å². The molecule has 1 amide bonds. The smallest absolute Gasteiger partial charge is 0.227 e. The Balaban J connectivity index is 1.36. The molecule has 0 spiro atoms. The number of hydrogen-bond donors (Lipinski definition) is 1. The maximum atomic E-state index is 12.8. The standard InChI is InChI=1S/C23H26N4O2/c1-29-20-10-8-18(9-11-20)16-23(28)27-13-5-12-26(14-15-27)22-17-21(24-25-22)19-6-3-2-4-7-19/h2-4,6-11,17H,5,12-16H2,1H3,(H,24,25). The molecular weight excluding hydrogens is 364 g/mol. The van der Waals surface area contributed by atoms with Crippen molar-refractivity contribution >= 4 is 11.7 Å². The molecular formula is C23H26N4O2. The molecule has 150 valence electrons. The highest BCUT2D eigenvalue weighted by Gasteiger charge is 2.21. The van der Waals surface area contributed by atoms with Crippen LogP contribution in [-0.2, 0) is 11.2 Å². The summed E-state index contributed by atoms with van der Waals surface area (Å²) < 4.78 is 5.18. The predicted octanol–water partition coefficient (Wildman–Crippen LogP) is 3.37. The Morgan fingerprint density at radius 2 is 1.83 bits per heavy atom. The monoisotopic (exact) mass is 390 g/mol. The van der Waals surface area contributed by atoms with E-state index in [9.17, 15) is 4.79 Å². The van der Waals surface area contributed by atoms with E-state index < -0.39 is 0 Å². The number of nitrogens with zero attached hydrogens (tertiary/aromatic N) is 3. The second-order valence-electron chi connectivity index (χ2n) is 7.25. The molecule has 29 heavy (non-hydrogen) atoms. The Morgan fingerprint density at radius 3 is 2.59 bits per heavy atom. The van der Waals surface area contributed by atoms with Gasteiger partial charge in [-0.05, 0) is 29.7 Å². The Kier molecular flexibility index (Phi) is 5.79. The van der Waals surface area contributed by atoms with Crippen LogP contribution >= 0.6 is 0 Å². The number of nitrogens with one attached hydrogen (secondary N) is 1. The number of H-pyrrole nitrogens is 1. The van der Waals surface area contributed by atoms with Gasteiger partial charge in [0, 0.05) is 32.2 Å². The lowest BCUT2D eigenvalue weighted by atomic mass is 10.1. The van der Waals surface area contributed by atoms with Gasteiger partial charge >= 0.3 is 0 Å². The molecule has 0 radical (unpaired) electrons. The van der Waals surface area contributed by atoms with Crippen molar-refractivity contribution in [2.75, 3.05) is 38.2 Å². The maximum absolute atomic E-state index is 12.8. The largest absolute Gasteiger partial charge is 0.497 e. The molecule has 2 aromatic carbocycles. The van der Waals surface area contributed by atoms with Gasteiger partial charge in [0.15, 0.2) is 5.82 Å². The van der Waals surface area contributed by atoms with Gasteiger partial charge < -0.3 is 14.5 Å². The van der Waals surface area contributed by atoms with E-state index in [1.807, 2.05) is 47.4 Å². The average molecular weight is 390 g/mol. The minimum Gasteiger partial charge on any atom is -0.497 e. The van der Waals surface area contributed by atoms with Crippen molar-refractivity contribution in [3.05, 3.63) is 66.2 Å². The summed E-state index contributed by atoms with van der Waals surface area (Å²) in [5.41, 5.74) is 3.14. The SMILES string of the molecule is COc1ccc(CC(=O)N2CCCN(c3cc(-c4ccccc4)[nH]n3)CC2)cc1. The first-order valence-corrected chi connectivity index (χ1v) is 9.99. The van der Waals surface area contributed by atoms with Crippen LogP contribution in [0.5, 0.6) is 5.75 Å². The molecule has 1 saturated heterocycles. The third-order valence-electron chi connectivity index (χ3n) is 5.34. The topological polar surface area (TPSA) is 61.5 Å². The maximum Gasteiger partial charge on any atom is 0.227 e. The van der Waals surface area contributed by atoms with Crippen LogP contribution in [0, 0.1) is 0 Å². The van der Waals surface area contributed by atoms with Gasteiger partial charge in [-0.25, -0.2) is 0 Å². The van der Waals surface area contributed by atoms with Crippen LogP contribution in [0.25, 0.3) is 11.3 Å². The third-order valence-corrected chi connectivity index (χ3v) is 5.34. The number of aromatic nitrogens is 2. The summed E-state index contributed by atoms with van der Waals surface area (Å²) in [5, 5.41) is 7.63. The van der Waals surface area contributed by atoms with Crippen LogP contribution in [0.2, 0.25) is 0 Å². The fraction of sp³-hybridized carbons (Fsp3) is 0.304. The minimum atomic E-state index is 0.170. The highest BCUT2D eigenvalue weighted by Crippen LogP contribution is 2.22. The van der Waals surface area contributed by atoms with Crippen LogP contribution in [0.4, 0.5) is 5.82 Å². The zero-order chi connectivity index (χ0) is 20.1. The van der Waals surface area contributed by atoms with Crippen molar-refractivity contribution in [1.29, 1.82) is 0 Å². The van der Waals surface area contributed by atoms with Gasteiger partial charge in [0.05, 0.1) is 19.2 Å². The fourth-order valence-electron chi connectivity index (χ4n) is 3.66. The Labute approximate surface area is 171 Å². The Bertz CT molecular complexity index is 937. The van der Waals surface area contributed by atoms with E-state index in [2.05, 4.69) is 33.3 Å². The number of benzene rings is 2. The number of aromatic amines is 1. The van der Waals surface area contributed by atoms with Crippen LogP contribution < -0.4 is 9.64 Å². The van der Waals surface area contributed by atoms with Crippen molar-refractivity contribution < 1.29 is 9.53 Å². The summed E-state index contributed by atoms with van der Waals surface area (Å²) in [6.45, 7) is 3.17. The molecule has 0 bridgehead atoms. The molecule has 0 atom stereocenters. The summed E-state index contributed by atoms with van der Waals surface area (Å²) >= 11 is 0. The molecule has 4 rings (SSSR count). The van der Waals surface area contributed by atoms with E-state index in [-0.39, 0.29) is 5.91 Å². The highest BCUT2D eigenvalue weighted by atomic mass is 16.5. The number of hydrogen-bond acceptors (Lipinski definition) is 4. The summed E-state index contributed by atoms with van der Waals surface area (Å²) in [6.07, 6.45) is 1.35. The quantitative estimate of drug-likeness (QED) is 0.726. The van der Waals surface area contributed by atoms with Crippen molar-refractivity contribution in [2.24, 2.45) is 0 Å². The summed E-state index contributed by atoms with van der Waals surface area (Å²) in [6, 6.07) is 20.0. The molecule has 0 unspecified atom stereocenters. The molecule has 1 aliphatic rings. The van der Waals surface area contributed by atoms with E-state index in [1.54, 1.807) is 7.11 Å². The molecule has 6 heteroatoms. The normalized spacial score (nSPS) is 14.5. The van der Waals surface area contributed by atoms with Gasteiger partial charge in [-0.1, -0.05) is 42.5 Å². The van der Waals surface area contributed by atoms with E-state index in [0.717, 1.165) is 54.4 Å². The number of ether oxygens (including phenoxy) is 1. The number of amides is 1. The molecule has 2 heterocycles. The average Bonchev–Trinajstić information content (AvgIpc) is 3.13. The zero-order valence-electron chi connectivity index (χ0n) is 16.7. The first-order valence-electron chi connectivity index (χ1n) is 9.99. The number of methoxy groups -OCH3 is 1. The van der Waals surface area contributed by atoms with Gasteiger partial charge in [0.25, 0.3) is 0 Å². The van der Waals surface area contributed by atoms with Crippen LogP contribution in [0.15, 0.2) is 60.7 Å². The second kappa shape index (κ2) is 8.82. The molecule has 3 aromatic rings. The lowest BCUT2D eigenvalue weighted by Gasteiger charge is -2.22. The van der Waals surface area contributed by atoms with Gasteiger partial charge in [-0.3, -0.25) is 9.89 Å². The van der Waals surface area contributed by atoms with Crippen LogP contribution in [-0.4, -0.2) is 54.3 Å². The highest BCUT2D eigenvalue weighted by molar-refractivity contribution is 5.79. The lowest BCUT2D eigenvalue weighted by Crippen LogP contribution is -2.36. The number of rotatable bonds is 5. The Morgan fingerprint density at radius 1 is 1.03 bits per heavy atom. The zero-order valence-corrected chi connectivity index (χ0v) is 16.7. The molecule has 1 aliphatic heterocycles. The van der Waals surface area contributed by atoms with E-state index >= 15 is 0 Å². The summed E-state index contributed by atoms with van der Waals surface area (Å²) in [4.78, 5) is 17.0. The molecule has 6 nitrogen and oxygen atoms in total. The van der Waals surface area contributed by atoms with E-state index in [4.69, 9.17) is 4.74 Å². The van der Waals surface area contributed by atoms with E-state index in [1.165, 1.54) is 0 Å². The molecule has 1 fully saturated rings. The molecule has 1 N–H and O–H groups in total. The van der Waals surface area contributed by atoms with Gasteiger partial charge in [0.2, 0.25) is 5.91 Å².